The Hall–Kier alpha value is -1.07. The van der Waals surface area contributed by atoms with Crippen LogP contribution in [0.4, 0.5) is 4.39 Å². The van der Waals surface area contributed by atoms with Crippen molar-refractivity contribution in [2.75, 3.05) is 19.3 Å². The fourth-order valence-corrected chi connectivity index (χ4v) is 1.62. The SMILES string of the molecule is CN(CCS)C(=O)c1ccc(CN)c(F)c1. The van der Waals surface area contributed by atoms with E-state index in [1.807, 2.05) is 0 Å². The number of carbonyl (C=O) groups is 1. The molecule has 0 saturated heterocycles. The largest absolute Gasteiger partial charge is 0.341 e. The zero-order valence-corrected chi connectivity index (χ0v) is 10.0. The zero-order chi connectivity index (χ0) is 12.1. The highest BCUT2D eigenvalue weighted by atomic mass is 32.1. The normalized spacial score (nSPS) is 10.2. The van der Waals surface area contributed by atoms with Crippen LogP contribution in [0, 0.1) is 5.82 Å². The van der Waals surface area contributed by atoms with Gasteiger partial charge < -0.3 is 10.6 Å². The van der Waals surface area contributed by atoms with Gasteiger partial charge in [0.05, 0.1) is 0 Å². The van der Waals surface area contributed by atoms with Crippen LogP contribution in [-0.4, -0.2) is 30.2 Å². The first-order valence-electron chi connectivity index (χ1n) is 4.95. The topological polar surface area (TPSA) is 46.3 Å². The first-order valence-corrected chi connectivity index (χ1v) is 5.58. The second-order valence-corrected chi connectivity index (χ2v) is 3.91. The van der Waals surface area contributed by atoms with Crippen LogP contribution in [0.5, 0.6) is 0 Å². The second kappa shape index (κ2) is 5.86. The standard InChI is InChI=1S/C11H15FN2OS/c1-14(4-5-16)11(15)8-2-3-9(7-13)10(12)6-8/h2-3,6,16H,4-5,7,13H2,1H3. The smallest absolute Gasteiger partial charge is 0.253 e. The van der Waals surface area contributed by atoms with Gasteiger partial charge in [0.2, 0.25) is 0 Å². The summed E-state index contributed by atoms with van der Waals surface area (Å²) in [5.74, 6) is -0.0739. The maximum Gasteiger partial charge on any atom is 0.253 e. The number of carbonyl (C=O) groups excluding carboxylic acids is 1. The molecule has 1 aromatic carbocycles. The van der Waals surface area contributed by atoms with Crippen molar-refractivity contribution in [3.05, 3.63) is 35.1 Å². The van der Waals surface area contributed by atoms with Crippen molar-refractivity contribution < 1.29 is 9.18 Å². The molecule has 16 heavy (non-hydrogen) atoms. The number of hydrogen-bond acceptors (Lipinski definition) is 3. The summed E-state index contributed by atoms with van der Waals surface area (Å²) in [6.07, 6.45) is 0. The maximum absolute atomic E-state index is 13.4. The van der Waals surface area contributed by atoms with Gasteiger partial charge in [0.1, 0.15) is 5.82 Å². The minimum absolute atomic E-state index is 0.132. The molecule has 2 N–H and O–H groups in total. The van der Waals surface area contributed by atoms with Crippen molar-refractivity contribution in [1.82, 2.24) is 4.90 Å². The number of amides is 1. The molecule has 0 heterocycles. The highest BCUT2D eigenvalue weighted by Crippen LogP contribution is 2.11. The Balaban J connectivity index is 2.88. The Morgan fingerprint density at radius 2 is 2.25 bits per heavy atom. The average Bonchev–Trinajstić information content (AvgIpc) is 2.28. The quantitative estimate of drug-likeness (QED) is 0.781. The molecular formula is C11H15FN2OS. The van der Waals surface area contributed by atoms with E-state index in [1.165, 1.54) is 17.0 Å². The molecule has 1 amide bonds. The van der Waals surface area contributed by atoms with Gasteiger partial charge in [-0.2, -0.15) is 12.6 Å². The molecule has 0 unspecified atom stereocenters. The number of nitrogens with zero attached hydrogens (tertiary/aromatic N) is 1. The Morgan fingerprint density at radius 3 is 2.75 bits per heavy atom. The molecule has 0 aliphatic carbocycles. The molecule has 0 aromatic heterocycles. The Morgan fingerprint density at radius 1 is 1.56 bits per heavy atom. The van der Waals surface area contributed by atoms with Crippen LogP contribution in [0.15, 0.2) is 18.2 Å². The lowest BCUT2D eigenvalue weighted by molar-refractivity contribution is 0.0803. The molecule has 0 spiro atoms. The molecule has 0 bridgehead atoms. The minimum atomic E-state index is -0.437. The maximum atomic E-state index is 13.4. The predicted molar refractivity (Wildman–Crippen MR) is 65.1 cm³/mol. The minimum Gasteiger partial charge on any atom is -0.341 e. The molecule has 0 fully saturated rings. The van der Waals surface area contributed by atoms with Gasteiger partial charge in [-0.15, -0.1) is 0 Å². The summed E-state index contributed by atoms with van der Waals surface area (Å²) in [7, 11) is 1.66. The fourth-order valence-electron chi connectivity index (χ4n) is 1.32. The van der Waals surface area contributed by atoms with Crippen LogP contribution in [0.25, 0.3) is 0 Å². The number of benzene rings is 1. The predicted octanol–water partition coefficient (Wildman–Crippen LogP) is 1.29. The molecule has 5 heteroatoms. The van der Waals surface area contributed by atoms with Crippen molar-refractivity contribution in [3.63, 3.8) is 0 Å². The molecule has 1 rings (SSSR count). The van der Waals surface area contributed by atoms with Crippen molar-refractivity contribution in [2.24, 2.45) is 5.73 Å². The molecule has 1 aromatic rings. The lowest BCUT2D eigenvalue weighted by Crippen LogP contribution is -2.28. The highest BCUT2D eigenvalue weighted by Gasteiger charge is 2.12. The highest BCUT2D eigenvalue weighted by molar-refractivity contribution is 7.80. The van der Waals surface area contributed by atoms with Crippen molar-refractivity contribution >= 4 is 18.5 Å². The summed E-state index contributed by atoms with van der Waals surface area (Å²) >= 11 is 4.03. The molecule has 0 radical (unpaired) electrons. The zero-order valence-electron chi connectivity index (χ0n) is 9.11. The molecule has 88 valence electrons. The monoisotopic (exact) mass is 242 g/mol. The van der Waals surface area contributed by atoms with Crippen LogP contribution < -0.4 is 5.73 Å². The lowest BCUT2D eigenvalue weighted by Gasteiger charge is -2.16. The summed E-state index contributed by atoms with van der Waals surface area (Å²) in [6, 6.07) is 4.35. The van der Waals surface area contributed by atoms with Crippen LogP contribution >= 0.6 is 12.6 Å². The van der Waals surface area contributed by atoms with Gasteiger partial charge in [-0.3, -0.25) is 4.79 Å². The molecule has 0 aliphatic rings. The van der Waals surface area contributed by atoms with Gasteiger partial charge in [0.25, 0.3) is 5.91 Å². The van der Waals surface area contributed by atoms with E-state index in [4.69, 9.17) is 5.73 Å². The van der Waals surface area contributed by atoms with E-state index in [2.05, 4.69) is 12.6 Å². The number of hydrogen-bond donors (Lipinski definition) is 2. The van der Waals surface area contributed by atoms with Gasteiger partial charge in [0.15, 0.2) is 0 Å². The van der Waals surface area contributed by atoms with E-state index in [9.17, 15) is 9.18 Å². The number of rotatable bonds is 4. The lowest BCUT2D eigenvalue weighted by atomic mass is 10.1. The average molecular weight is 242 g/mol. The molecule has 0 saturated carbocycles. The number of nitrogens with two attached hydrogens (primary N) is 1. The van der Waals surface area contributed by atoms with Crippen LogP contribution in [-0.2, 0) is 6.54 Å². The summed E-state index contributed by atoms with van der Waals surface area (Å²) in [5, 5.41) is 0. The second-order valence-electron chi connectivity index (χ2n) is 3.46. The van der Waals surface area contributed by atoms with Gasteiger partial charge in [-0.05, 0) is 12.1 Å². The third kappa shape index (κ3) is 2.96. The van der Waals surface area contributed by atoms with Crippen LogP contribution in [0.3, 0.4) is 0 Å². The molecular weight excluding hydrogens is 227 g/mol. The van der Waals surface area contributed by atoms with Crippen molar-refractivity contribution in [3.8, 4) is 0 Å². The summed E-state index contributed by atoms with van der Waals surface area (Å²) in [6.45, 7) is 0.662. The molecule has 3 nitrogen and oxygen atoms in total. The van der Waals surface area contributed by atoms with E-state index >= 15 is 0 Å². The van der Waals surface area contributed by atoms with Crippen molar-refractivity contribution in [2.45, 2.75) is 6.54 Å². The Bertz CT molecular complexity index is 384. The van der Waals surface area contributed by atoms with Crippen LogP contribution in [0.1, 0.15) is 15.9 Å². The number of thiol groups is 1. The summed E-state index contributed by atoms with van der Waals surface area (Å²) in [4.78, 5) is 13.3. The first kappa shape index (κ1) is 13.0. The molecule has 0 atom stereocenters. The van der Waals surface area contributed by atoms with E-state index in [-0.39, 0.29) is 12.5 Å². The van der Waals surface area contributed by atoms with E-state index in [0.717, 1.165) is 0 Å². The Kier molecular flexibility index (Phi) is 4.76. The third-order valence-corrected chi connectivity index (χ3v) is 2.50. The molecule has 0 aliphatic heterocycles. The van der Waals surface area contributed by atoms with E-state index in [1.54, 1.807) is 13.1 Å². The van der Waals surface area contributed by atoms with Gasteiger partial charge in [-0.25, -0.2) is 4.39 Å². The van der Waals surface area contributed by atoms with Gasteiger partial charge in [-0.1, -0.05) is 6.07 Å². The van der Waals surface area contributed by atoms with Crippen molar-refractivity contribution in [1.29, 1.82) is 0 Å². The number of halogens is 1. The fraction of sp³-hybridized carbons (Fsp3) is 0.364. The third-order valence-electron chi connectivity index (χ3n) is 2.30. The first-order chi connectivity index (χ1) is 7.60. The summed E-state index contributed by atoms with van der Waals surface area (Å²) < 4.78 is 13.4. The Labute approximate surface area is 99.8 Å². The summed E-state index contributed by atoms with van der Waals surface area (Å²) in [5.41, 5.74) is 6.08. The van der Waals surface area contributed by atoms with E-state index < -0.39 is 5.82 Å². The van der Waals surface area contributed by atoms with Crippen LogP contribution in [0.2, 0.25) is 0 Å². The van der Waals surface area contributed by atoms with E-state index in [0.29, 0.717) is 23.4 Å². The van der Waals surface area contributed by atoms with Gasteiger partial charge in [0, 0.05) is 37.0 Å². The van der Waals surface area contributed by atoms with Gasteiger partial charge >= 0.3 is 0 Å².